The van der Waals surface area contributed by atoms with Gasteiger partial charge in [-0.2, -0.15) is 0 Å². The summed E-state index contributed by atoms with van der Waals surface area (Å²) in [5, 5.41) is 10.7. The number of nitrogens with zero attached hydrogens (tertiary/aromatic N) is 2. The van der Waals surface area contributed by atoms with Gasteiger partial charge in [0.15, 0.2) is 0 Å². The Balaban J connectivity index is 2.07. The molecule has 116 valence electrons. The average molecular weight is 321 g/mol. The molecule has 0 saturated heterocycles. The molecule has 0 fully saturated rings. The van der Waals surface area contributed by atoms with Gasteiger partial charge in [-0.3, -0.25) is 15.1 Å². The van der Waals surface area contributed by atoms with Crippen LogP contribution in [0.25, 0.3) is 0 Å². The van der Waals surface area contributed by atoms with E-state index in [4.69, 9.17) is 0 Å². The molecule has 7 nitrogen and oxygen atoms in total. The minimum atomic E-state index is -3.69. The van der Waals surface area contributed by atoms with Gasteiger partial charge in [0, 0.05) is 30.6 Å². The first kappa shape index (κ1) is 16.1. The van der Waals surface area contributed by atoms with Gasteiger partial charge < -0.3 is 0 Å². The Bertz CT molecular complexity index is 776. The third-order valence-electron chi connectivity index (χ3n) is 3.10. The van der Waals surface area contributed by atoms with Crippen LogP contribution in [0.5, 0.6) is 0 Å². The van der Waals surface area contributed by atoms with E-state index in [0.29, 0.717) is 12.0 Å². The maximum Gasteiger partial charge on any atom is 0.272 e. The molecule has 1 heterocycles. The highest BCUT2D eigenvalue weighted by Gasteiger charge is 2.18. The van der Waals surface area contributed by atoms with Gasteiger partial charge in [0.25, 0.3) is 5.69 Å². The molecule has 1 aromatic heterocycles. The first-order valence-corrected chi connectivity index (χ1v) is 8.02. The van der Waals surface area contributed by atoms with E-state index < -0.39 is 14.9 Å². The topological polar surface area (TPSA) is 102 Å². The van der Waals surface area contributed by atoms with Crippen LogP contribution >= 0.6 is 0 Å². The molecule has 0 bridgehead atoms. The summed E-state index contributed by atoms with van der Waals surface area (Å²) in [6.07, 6.45) is 3.83. The van der Waals surface area contributed by atoms with E-state index >= 15 is 0 Å². The summed E-state index contributed by atoms with van der Waals surface area (Å²) < 4.78 is 26.8. The number of aromatic nitrogens is 1. The van der Waals surface area contributed by atoms with Gasteiger partial charge in [-0.25, -0.2) is 13.1 Å². The van der Waals surface area contributed by atoms with E-state index in [9.17, 15) is 18.5 Å². The lowest BCUT2D eigenvalue weighted by atomic mass is 10.2. The molecule has 0 radical (unpaired) electrons. The summed E-state index contributed by atoms with van der Waals surface area (Å²) >= 11 is 0. The normalized spacial score (nSPS) is 11.3. The van der Waals surface area contributed by atoms with Crippen molar-refractivity contribution in [3.05, 3.63) is 64.0 Å². The van der Waals surface area contributed by atoms with Gasteiger partial charge in [0.05, 0.1) is 9.82 Å². The van der Waals surface area contributed by atoms with Crippen LogP contribution < -0.4 is 4.72 Å². The minimum absolute atomic E-state index is 0.0155. The number of aryl methyl sites for hydroxylation is 1. The summed E-state index contributed by atoms with van der Waals surface area (Å²) in [6.45, 7) is 1.73. The molecule has 22 heavy (non-hydrogen) atoms. The number of pyridine rings is 1. The summed E-state index contributed by atoms with van der Waals surface area (Å²) in [4.78, 5) is 14.2. The largest absolute Gasteiger partial charge is 0.272 e. The molecular formula is C14H15N3O4S. The third kappa shape index (κ3) is 3.86. The fourth-order valence-corrected chi connectivity index (χ4v) is 3.08. The van der Waals surface area contributed by atoms with Gasteiger partial charge in [-0.15, -0.1) is 0 Å². The van der Waals surface area contributed by atoms with Gasteiger partial charge in [-0.1, -0.05) is 6.07 Å². The molecule has 1 aromatic carbocycles. The highest BCUT2D eigenvalue weighted by molar-refractivity contribution is 7.89. The Morgan fingerprint density at radius 2 is 2.09 bits per heavy atom. The number of hydrogen-bond donors (Lipinski definition) is 1. The fraction of sp³-hybridized carbons (Fsp3) is 0.214. The SMILES string of the molecule is Cc1cc(S(=O)(=O)NCCc2cccnc2)ccc1[N+](=O)[O-]. The van der Waals surface area contributed by atoms with Crippen molar-refractivity contribution < 1.29 is 13.3 Å². The van der Waals surface area contributed by atoms with Crippen molar-refractivity contribution in [2.45, 2.75) is 18.2 Å². The maximum absolute atomic E-state index is 12.2. The second-order valence-corrected chi connectivity index (χ2v) is 6.48. The molecule has 8 heteroatoms. The van der Waals surface area contributed by atoms with E-state index in [0.717, 1.165) is 5.56 Å². The van der Waals surface area contributed by atoms with Crippen LogP contribution in [-0.4, -0.2) is 24.9 Å². The van der Waals surface area contributed by atoms with Crippen molar-refractivity contribution in [2.75, 3.05) is 6.54 Å². The summed E-state index contributed by atoms with van der Waals surface area (Å²) in [5.74, 6) is 0. The predicted molar refractivity (Wildman–Crippen MR) is 81.0 cm³/mol. The number of nitro groups is 1. The molecule has 0 spiro atoms. The second kappa shape index (κ2) is 6.63. The van der Waals surface area contributed by atoms with Crippen molar-refractivity contribution in [1.29, 1.82) is 0 Å². The molecule has 2 rings (SSSR count). The molecule has 0 aliphatic rings. The molecule has 2 aromatic rings. The molecule has 0 amide bonds. The number of sulfonamides is 1. The highest BCUT2D eigenvalue weighted by atomic mass is 32.2. The number of nitro benzene ring substituents is 1. The Morgan fingerprint density at radius 1 is 1.32 bits per heavy atom. The van der Waals surface area contributed by atoms with Crippen LogP contribution in [-0.2, 0) is 16.4 Å². The Labute approximate surface area is 128 Å². The molecule has 0 aliphatic heterocycles. The number of hydrogen-bond acceptors (Lipinski definition) is 5. The predicted octanol–water partition coefficient (Wildman–Crippen LogP) is 1.82. The first-order valence-electron chi connectivity index (χ1n) is 6.54. The zero-order valence-corrected chi connectivity index (χ0v) is 12.7. The Kier molecular flexibility index (Phi) is 4.84. The van der Waals surface area contributed by atoms with Gasteiger partial charge in [0.2, 0.25) is 10.0 Å². The quantitative estimate of drug-likeness (QED) is 0.646. The Hall–Kier alpha value is -2.32. The summed E-state index contributed by atoms with van der Waals surface area (Å²) in [7, 11) is -3.69. The highest BCUT2D eigenvalue weighted by Crippen LogP contribution is 2.21. The summed E-state index contributed by atoms with van der Waals surface area (Å²) in [5.41, 5.74) is 1.12. The number of benzene rings is 1. The molecule has 0 atom stereocenters. The fourth-order valence-electron chi connectivity index (χ4n) is 1.96. The summed E-state index contributed by atoms with van der Waals surface area (Å²) in [6, 6.07) is 7.37. The van der Waals surface area contributed by atoms with Crippen LogP contribution in [0.3, 0.4) is 0 Å². The van der Waals surface area contributed by atoms with Crippen LogP contribution in [0.4, 0.5) is 5.69 Å². The lowest BCUT2D eigenvalue weighted by Gasteiger charge is -2.07. The van der Waals surface area contributed by atoms with Crippen LogP contribution in [0.1, 0.15) is 11.1 Å². The molecule has 0 aliphatic carbocycles. The molecule has 1 N–H and O–H groups in total. The smallest absolute Gasteiger partial charge is 0.264 e. The zero-order chi connectivity index (χ0) is 16.2. The second-order valence-electron chi connectivity index (χ2n) is 4.71. The lowest BCUT2D eigenvalue weighted by Crippen LogP contribution is -2.26. The first-order chi connectivity index (χ1) is 10.4. The van der Waals surface area contributed by atoms with Crippen molar-refractivity contribution >= 4 is 15.7 Å². The lowest BCUT2D eigenvalue weighted by molar-refractivity contribution is -0.385. The minimum Gasteiger partial charge on any atom is -0.264 e. The van der Waals surface area contributed by atoms with Crippen LogP contribution in [0.2, 0.25) is 0 Å². The average Bonchev–Trinajstić information content (AvgIpc) is 2.47. The van der Waals surface area contributed by atoms with Crippen molar-refractivity contribution in [3.63, 3.8) is 0 Å². The van der Waals surface area contributed by atoms with Crippen molar-refractivity contribution in [1.82, 2.24) is 9.71 Å². The van der Waals surface area contributed by atoms with E-state index in [1.807, 2.05) is 6.07 Å². The van der Waals surface area contributed by atoms with Crippen LogP contribution in [0, 0.1) is 17.0 Å². The maximum atomic E-state index is 12.2. The number of nitrogens with one attached hydrogen (secondary N) is 1. The van der Waals surface area contributed by atoms with Crippen molar-refractivity contribution in [2.24, 2.45) is 0 Å². The standard InChI is InChI=1S/C14H15N3O4S/c1-11-9-13(4-5-14(11)17(18)19)22(20,21)16-8-6-12-3-2-7-15-10-12/h2-5,7,9-10,16H,6,8H2,1H3. The number of rotatable bonds is 6. The molecule has 0 unspecified atom stereocenters. The van der Waals surface area contributed by atoms with E-state index in [2.05, 4.69) is 9.71 Å². The Morgan fingerprint density at radius 3 is 2.68 bits per heavy atom. The van der Waals surface area contributed by atoms with Crippen molar-refractivity contribution in [3.8, 4) is 0 Å². The molecular weight excluding hydrogens is 306 g/mol. The van der Waals surface area contributed by atoms with E-state index in [1.165, 1.54) is 25.1 Å². The van der Waals surface area contributed by atoms with E-state index in [-0.39, 0.29) is 17.1 Å². The monoisotopic (exact) mass is 321 g/mol. The van der Waals surface area contributed by atoms with Crippen LogP contribution in [0.15, 0.2) is 47.6 Å². The molecule has 0 saturated carbocycles. The van der Waals surface area contributed by atoms with Gasteiger partial charge in [-0.05, 0) is 37.1 Å². The third-order valence-corrected chi connectivity index (χ3v) is 4.56. The van der Waals surface area contributed by atoms with Gasteiger partial charge in [0.1, 0.15) is 0 Å². The zero-order valence-electron chi connectivity index (χ0n) is 11.9. The van der Waals surface area contributed by atoms with Gasteiger partial charge >= 0.3 is 0 Å². The van der Waals surface area contributed by atoms with E-state index in [1.54, 1.807) is 18.5 Å².